The predicted molar refractivity (Wildman–Crippen MR) is 63.7 cm³/mol. The van der Waals surface area contributed by atoms with Crippen LogP contribution in [0.1, 0.15) is 17.7 Å². The molecule has 0 saturated heterocycles. The van der Waals surface area contributed by atoms with Crippen molar-refractivity contribution >= 4 is 28.9 Å². The molecule has 0 fully saturated rings. The summed E-state index contributed by atoms with van der Waals surface area (Å²) in [5, 5.41) is 7.16. The molecular weight excluding hydrogens is 307 g/mol. The summed E-state index contributed by atoms with van der Waals surface area (Å²) in [5.41, 5.74) is 2.01. The van der Waals surface area contributed by atoms with Crippen molar-refractivity contribution in [3.05, 3.63) is 15.0 Å². The van der Waals surface area contributed by atoms with E-state index in [9.17, 15) is 4.79 Å². The molecule has 15 heavy (non-hydrogen) atoms. The summed E-state index contributed by atoms with van der Waals surface area (Å²) in [4.78, 5) is 11.2. The first-order valence-electron chi connectivity index (χ1n) is 4.88. The number of carbonyl (C=O) groups excluding carboxylic acids is 1. The van der Waals surface area contributed by atoms with Gasteiger partial charge in [-0.05, 0) is 35.4 Å². The van der Waals surface area contributed by atoms with Gasteiger partial charge in [-0.2, -0.15) is 5.10 Å². The van der Waals surface area contributed by atoms with Crippen LogP contribution in [0.15, 0.2) is 0 Å². The third-order valence-electron chi connectivity index (χ3n) is 2.99. The Morgan fingerprint density at radius 2 is 2.53 bits per heavy atom. The lowest BCUT2D eigenvalue weighted by Crippen LogP contribution is -2.35. The zero-order chi connectivity index (χ0) is 10.9. The normalized spacial score (nSPS) is 24.9. The molecule has 1 N–H and O–H groups in total. The monoisotopic (exact) mass is 320 g/mol. The zero-order valence-corrected chi connectivity index (χ0v) is 10.7. The first-order valence-corrected chi connectivity index (χ1v) is 5.95. The Bertz CT molecular complexity index is 377. The third-order valence-corrected chi connectivity index (χ3v) is 3.88. The maximum Gasteiger partial charge on any atom is 0.128 e. The molecule has 0 saturated carbocycles. The Labute approximate surface area is 102 Å². The molecule has 1 aliphatic rings. The van der Waals surface area contributed by atoms with Crippen LogP contribution in [0.5, 0.6) is 0 Å². The summed E-state index contributed by atoms with van der Waals surface area (Å²) in [6, 6.07) is 0. The number of methoxy groups -OCH3 is 1. The van der Waals surface area contributed by atoms with E-state index in [-0.39, 0.29) is 5.41 Å². The second-order valence-electron chi connectivity index (χ2n) is 4.06. The molecule has 0 bridgehead atoms. The molecule has 1 unspecified atom stereocenters. The van der Waals surface area contributed by atoms with E-state index in [0.717, 1.165) is 34.9 Å². The fourth-order valence-electron chi connectivity index (χ4n) is 2.14. The molecule has 1 atom stereocenters. The Morgan fingerprint density at radius 3 is 3.20 bits per heavy atom. The van der Waals surface area contributed by atoms with E-state index in [1.165, 1.54) is 5.56 Å². The smallest absolute Gasteiger partial charge is 0.128 e. The molecule has 2 rings (SSSR count). The van der Waals surface area contributed by atoms with E-state index in [4.69, 9.17) is 4.74 Å². The van der Waals surface area contributed by atoms with Crippen LogP contribution in [0.2, 0.25) is 0 Å². The van der Waals surface area contributed by atoms with Crippen molar-refractivity contribution in [3.8, 4) is 0 Å². The number of rotatable bonds is 3. The number of H-pyrrole nitrogens is 1. The van der Waals surface area contributed by atoms with E-state index in [0.29, 0.717) is 6.61 Å². The number of fused-ring (bicyclic) bond motifs is 1. The highest BCUT2D eigenvalue weighted by Gasteiger charge is 2.36. The summed E-state index contributed by atoms with van der Waals surface area (Å²) in [6.45, 7) is 0.492. The fourth-order valence-corrected chi connectivity index (χ4v) is 2.85. The number of aromatic amines is 1. The van der Waals surface area contributed by atoms with Crippen LogP contribution in [0.3, 0.4) is 0 Å². The maximum atomic E-state index is 11.2. The fraction of sp³-hybridized carbons (Fsp3) is 0.600. The summed E-state index contributed by atoms with van der Waals surface area (Å²) in [7, 11) is 1.64. The van der Waals surface area contributed by atoms with Crippen molar-refractivity contribution in [1.82, 2.24) is 10.2 Å². The van der Waals surface area contributed by atoms with Crippen molar-refractivity contribution < 1.29 is 9.53 Å². The number of ether oxygens (including phenoxy) is 1. The molecular formula is C10H13IN2O2. The van der Waals surface area contributed by atoms with Gasteiger partial charge in [0.2, 0.25) is 0 Å². The van der Waals surface area contributed by atoms with Crippen molar-refractivity contribution in [2.24, 2.45) is 5.41 Å². The molecule has 1 aromatic rings. The average Bonchev–Trinajstić information content (AvgIpc) is 2.60. The molecule has 0 spiro atoms. The Morgan fingerprint density at radius 1 is 1.73 bits per heavy atom. The standard InChI is InChI=1S/C10H13IN2O2/c1-15-6-10(5-14)3-2-7-8(4-10)12-13-9(7)11/h5H,2-4,6H2,1H3,(H,12,13). The van der Waals surface area contributed by atoms with Gasteiger partial charge in [-0.1, -0.05) is 0 Å². The predicted octanol–water partition coefficient (Wildman–Crippen LogP) is 1.33. The molecule has 1 heterocycles. The molecule has 82 valence electrons. The number of hydrogen-bond donors (Lipinski definition) is 1. The number of nitrogens with zero attached hydrogens (tertiary/aromatic N) is 1. The summed E-state index contributed by atoms with van der Waals surface area (Å²) in [6.07, 6.45) is 3.52. The van der Waals surface area contributed by atoms with Gasteiger partial charge in [-0.25, -0.2) is 0 Å². The lowest BCUT2D eigenvalue weighted by atomic mass is 9.75. The van der Waals surface area contributed by atoms with E-state index < -0.39 is 0 Å². The number of hydrogen-bond acceptors (Lipinski definition) is 3. The molecule has 0 radical (unpaired) electrons. The highest BCUT2D eigenvalue weighted by Crippen LogP contribution is 2.34. The maximum absolute atomic E-state index is 11.2. The SMILES string of the molecule is COCC1(C=O)CCc2c(I)n[nH]c2C1. The molecule has 1 aliphatic carbocycles. The first kappa shape index (κ1) is 11.1. The number of nitrogens with one attached hydrogen (secondary N) is 1. The van der Waals surface area contributed by atoms with Gasteiger partial charge in [0, 0.05) is 24.8 Å². The van der Waals surface area contributed by atoms with Crippen molar-refractivity contribution in [2.75, 3.05) is 13.7 Å². The van der Waals surface area contributed by atoms with Crippen LogP contribution in [0, 0.1) is 9.12 Å². The Kier molecular flexibility index (Phi) is 3.11. The van der Waals surface area contributed by atoms with Crippen LogP contribution in [0.4, 0.5) is 0 Å². The van der Waals surface area contributed by atoms with Crippen LogP contribution < -0.4 is 0 Å². The second-order valence-corrected chi connectivity index (χ2v) is 5.08. The van der Waals surface area contributed by atoms with E-state index in [1.807, 2.05) is 0 Å². The van der Waals surface area contributed by atoms with Gasteiger partial charge in [0.25, 0.3) is 0 Å². The highest BCUT2D eigenvalue weighted by atomic mass is 127. The summed E-state index contributed by atoms with van der Waals surface area (Å²) in [5.74, 6) is 0. The summed E-state index contributed by atoms with van der Waals surface area (Å²) >= 11 is 2.22. The molecule has 0 aliphatic heterocycles. The molecule has 5 heteroatoms. The minimum atomic E-state index is -0.350. The van der Waals surface area contributed by atoms with Crippen LogP contribution in [0.25, 0.3) is 0 Å². The minimum absolute atomic E-state index is 0.350. The van der Waals surface area contributed by atoms with Gasteiger partial charge in [0.05, 0.1) is 12.0 Å². The van der Waals surface area contributed by atoms with Gasteiger partial charge >= 0.3 is 0 Å². The van der Waals surface area contributed by atoms with Gasteiger partial charge in [0.1, 0.15) is 9.99 Å². The number of carbonyl (C=O) groups is 1. The van der Waals surface area contributed by atoms with Gasteiger partial charge in [0.15, 0.2) is 0 Å². The first-order chi connectivity index (χ1) is 7.21. The Balaban J connectivity index is 2.27. The van der Waals surface area contributed by atoms with Crippen molar-refractivity contribution in [3.63, 3.8) is 0 Å². The Hall–Kier alpha value is -0.430. The van der Waals surface area contributed by atoms with Crippen LogP contribution in [-0.4, -0.2) is 30.2 Å². The van der Waals surface area contributed by atoms with Crippen molar-refractivity contribution in [1.29, 1.82) is 0 Å². The lowest BCUT2D eigenvalue weighted by Gasteiger charge is -2.30. The number of aromatic nitrogens is 2. The van der Waals surface area contributed by atoms with E-state index in [2.05, 4.69) is 32.8 Å². The largest absolute Gasteiger partial charge is 0.384 e. The molecule has 0 aromatic carbocycles. The number of halogens is 1. The van der Waals surface area contributed by atoms with E-state index in [1.54, 1.807) is 7.11 Å². The quantitative estimate of drug-likeness (QED) is 0.675. The van der Waals surface area contributed by atoms with Crippen LogP contribution in [-0.2, 0) is 22.4 Å². The molecule has 4 nitrogen and oxygen atoms in total. The van der Waals surface area contributed by atoms with E-state index >= 15 is 0 Å². The zero-order valence-electron chi connectivity index (χ0n) is 8.55. The minimum Gasteiger partial charge on any atom is -0.384 e. The van der Waals surface area contributed by atoms with Crippen LogP contribution >= 0.6 is 22.6 Å². The van der Waals surface area contributed by atoms with Gasteiger partial charge in [-0.3, -0.25) is 5.10 Å². The summed E-state index contributed by atoms with van der Waals surface area (Å²) < 4.78 is 6.16. The second kappa shape index (κ2) is 4.21. The molecule has 1 aromatic heterocycles. The van der Waals surface area contributed by atoms with Gasteiger partial charge < -0.3 is 9.53 Å². The number of aldehydes is 1. The lowest BCUT2D eigenvalue weighted by molar-refractivity contribution is -0.119. The average molecular weight is 320 g/mol. The highest BCUT2D eigenvalue weighted by molar-refractivity contribution is 14.1. The van der Waals surface area contributed by atoms with Crippen molar-refractivity contribution in [2.45, 2.75) is 19.3 Å². The third kappa shape index (κ3) is 1.94. The van der Waals surface area contributed by atoms with Gasteiger partial charge in [-0.15, -0.1) is 0 Å². The topological polar surface area (TPSA) is 55.0 Å². The molecule has 0 amide bonds.